The number of carbonyl (C=O) groups is 1. The summed E-state index contributed by atoms with van der Waals surface area (Å²) in [4.78, 5) is 14.3. The summed E-state index contributed by atoms with van der Waals surface area (Å²) in [6.07, 6.45) is 1.19. The summed E-state index contributed by atoms with van der Waals surface area (Å²) in [7, 11) is 3.58. The van der Waals surface area contributed by atoms with Crippen molar-refractivity contribution in [1.82, 2.24) is 4.90 Å². The van der Waals surface area contributed by atoms with Crippen LogP contribution in [0.3, 0.4) is 0 Å². The lowest BCUT2D eigenvalue weighted by molar-refractivity contribution is 0.0745. The number of likely N-dealkylation sites (N-methyl/N-ethyl adjacent to an activating group) is 1. The van der Waals surface area contributed by atoms with E-state index in [9.17, 15) is 4.79 Å². The number of carbonyl (C=O) groups excluding carboxylic acids is 1. The normalized spacial score (nSPS) is 22.7. The van der Waals surface area contributed by atoms with Crippen molar-refractivity contribution < 1.29 is 14.3 Å². The first-order valence-corrected chi connectivity index (χ1v) is 6.61. The van der Waals surface area contributed by atoms with Crippen LogP contribution in [0.2, 0.25) is 0 Å². The highest BCUT2D eigenvalue weighted by molar-refractivity contribution is 5.97. The molecule has 1 aromatic carbocycles. The van der Waals surface area contributed by atoms with E-state index >= 15 is 0 Å². The lowest BCUT2D eigenvalue weighted by Gasteiger charge is -2.25. The Kier molecular flexibility index (Phi) is 4.56. The van der Waals surface area contributed by atoms with Gasteiger partial charge in [-0.25, -0.2) is 0 Å². The van der Waals surface area contributed by atoms with Gasteiger partial charge < -0.3 is 9.47 Å². The van der Waals surface area contributed by atoms with E-state index in [0.29, 0.717) is 23.9 Å². The number of benzene rings is 1. The Balaban J connectivity index is 1.99. The number of ether oxygens (including phenoxy) is 2. The number of ketones is 1. The first kappa shape index (κ1) is 14.0. The average Bonchev–Trinajstić information content (AvgIpc) is 2.85. The number of hydrogen-bond acceptors (Lipinski definition) is 4. The average molecular weight is 263 g/mol. The molecule has 0 saturated carbocycles. The Morgan fingerprint density at radius 2 is 2.32 bits per heavy atom. The highest BCUT2D eigenvalue weighted by Gasteiger charge is 2.28. The zero-order chi connectivity index (χ0) is 13.8. The third kappa shape index (κ3) is 3.33. The predicted octanol–water partition coefficient (Wildman–Crippen LogP) is 1.99. The topological polar surface area (TPSA) is 38.8 Å². The van der Waals surface area contributed by atoms with Crippen LogP contribution >= 0.6 is 0 Å². The van der Waals surface area contributed by atoms with Gasteiger partial charge in [0.25, 0.3) is 0 Å². The Labute approximate surface area is 114 Å². The van der Waals surface area contributed by atoms with Gasteiger partial charge >= 0.3 is 0 Å². The van der Waals surface area contributed by atoms with Crippen molar-refractivity contribution in [1.29, 1.82) is 0 Å². The molecule has 1 aromatic rings. The third-order valence-electron chi connectivity index (χ3n) is 3.69. The van der Waals surface area contributed by atoms with Crippen LogP contribution in [0.25, 0.3) is 0 Å². The fourth-order valence-electron chi connectivity index (χ4n) is 2.53. The van der Waals surface area contributed by atoms with Crippen LogP contribution in [0.4, 0.5) is 0 Å². The number of Topliss-reactive ketones (excluding diaryl/α,β-unsaturated/α-hetero) is 1. The van der Waals surface area contributed by atoms with Gasteiger partial charge in [-0.3, -0.25) is 9.69 Å². The van der Waals surface area contributed by atoms with Crippen molar-refractivity contribution in [3.8, 4) is 5.75 Å². The summed E-state index contributed by atoms with van der Waals surface area (Å²) in [5.74, 6) is 0.826. The minimum atomic E-state index is 0.112. The van der Waals surface area contributed by atoms with Gasteiger partial charge in [0.05, 0.1) is 19.8 Å². The molecule has 0 spiro atoms. The lowest BCUT2D eigenvalue weighted by atomic mass is 10.1. The van der Waals surface area contributed by atoms with Crippen LogP contribution < -0.4 is 4.74 Å². The quantitative estimate of drug-likeness (QED) is 0.762. The van der Waals surface area contributed by atoms with Gasteiger partial charge in [-0.2, -0.15) is 0 Å². The summed E-state index contributed by atoms with van der Waals surface area (Å²) in [5.41, 5.74) is 0.692. The second-order valence-corrected chi connectivity index (χ2v) is 5.00. The van der Waals surface area contributed by atoms with Crippen LogP contribution in [0.5, 0.6) is 5.75 Å². The lowest BCUT2D eigenvalue weighted by Crippen LogP contribution is -2.39. The maximum Gasteiger partial charge on any atom is 0.176 e. The fraction of sp³-hybridized carbons (Fsp3) is 0.533. The fourth-order valence-corrected chi connectivity index (χ4v) is 2.53. The zero-order valence-electron chi connectivity index (χ0n) is 11.8. The van der Waals surface area contributed by atoms with Crippen LogP contribution in [-0.4, -0.2) is 50.1 Å². The van der Waals surface area contributed by atoms with Crippen molar-refractivity contribution in [2.24, 2.45) is 0 Å². The van der Waals surface area contributed by atoms with E-state index in [1.54, 1.807) is 13.2 Å². The maximum atomic E-state index is 12.2. The number of rotatable bonds is 5. The van der Waals surface area contributed by atoms with E-state index in [1.165, 1.54) is 0 Å². The summed E-state index contributed by atoms with van der Waals surface area (Å²) in [5, 5.41) is 0. The minimum absolute atomic E-state index is 0.112. The molecule has 19 heavy (non-hydrogen) atoms. The Hall–Kier alpha value is -1.39. The van der Waals surface area contributed by atoms with Crippen LogP contribution in [-0.2, 0) is 4.74 Å². The predicted molar refractivity (Wildman–Crippen MR) is 73.8 cm³/mol. The zero-order valence-corrected chi connectivity index (χ0v) is 11.8. The van der Waals surface area contributed by atoms with Gasteiger partial charge in [0.2, 0.25) is 0 Å². The van der Waals surface area contributed by atoms with Crippen molar-refractivity contribution in [2.75, 3.05) is 27.3 Å². The molecular formula is C15H21NO3. The van der Waals surface area contributed by atoms with E-state index in [2.05, 4.69) is 11.8 Å². The van der Waals surface area contributed by atoms with Crippen LogP contribution in [0, 0.1) is 0 Å². The first-order valence-electron chi connectivity index (χ1n) is 6.61. The van der Waals surface area contributed by atoms with E-state index in [1.807, 2.05) is 25.2 Å². The van der Waals surface area contributed by atoms with Crippen molar-refractivity contribution in [3.63, 3.8) is 0 Å². The Bertz CT molecular complexity index is 447. The molecule has 0 aliphatic carbocycles. The Morgan fingerprint density at radius 1 is 1.53 bits per heavy atom. The number of hydrogen-bond donors (Lipinski definition) is 0. The molecule has 2 unspecified atom stereocenters. The van der Waals surface area contributed by atoms with E-state index < -0.39 is 0 Å². The molecule has 2 atom stereocenters. The molecule has 0 bridgehead atoms. The molecular weight excluding hydrogens is 242 g/mol. The minimum Gasteiger partial charge on any atom is -0.497 e. The molecule has 0 N–H and O–H groups in total. The maximum absolute atomic E-state index is 12.2. The molecule has 1 aliphatic rings. The van der Waals surface area contributed by atoms with Crippen molar-refractivity contribution in [2.45, 2.75) is 25.5 Å². The monoisotopic (exact) mass is 263 g/mol. The largest absolute Gasteiger partial charge is 0.497 e. The SMILES string of the molecule is COc1cccc(C(=O)CN(C)C2CCOC2C)c1. The van der Waals surface area contributed by atoms with Gasteiger partial charge in [0.15, 0.2) is 5.78 Å². The molecule has 2 rings (SSSR count). The van der Waals surface area contributed by atoms with Crippen LogP contribution in [0.15, 0.2) is 24.3 Å². The standard InChI is InChI=1S/C15H21NO3/c1-11-14(7-8-19-11)16(2)10-15(17)12-5-4-6-13(9-12)18-3/h4-6,9,11,14H,7-8,10H2,1-3H3. The molecule has 0 radical (unpaired) electrons. The molecule has 4 heteroatoms. The third-order valence-corrected chi connectivity index (χ3v) is 3.69. The van der Waals surface area contributed by atoms with Gasteiger partial charge in [0.1, 0.15) is 5.75 Å². The molecule has 1 heterocycles. The summed E-state index contributed by atoms with van der Waals surface area (Å²) < 4.78 is 10.7. The molecule has 1 aliphatic heterocycles. The molecule has 1 fully saturated rings. The highest BCUT2D eigenvalue weighted by atomic mass is 16.5. The smallest absolute Gasteiger partial charge is 0.176 e. The van der Waals surface area contributed by atoms with Gasteiger partial charge in [-0.05, 0) is 32.5 Å². The van der Waals surface area contributed by atoms with E-state index in [0.717, 1.165) is 13.0 Å². The molecule has 104 valence electrons. The van der Waals surface area contributed by atoms with Crippen molar-refractivity contribution >= 4 is 5.78 Å². The van der Waals surface area contributed by atoms with E-state index in [-0.39, 0.29) is 11.9 Å². The first-order chi connectivity index (χ1) is 9.11. The second-order valence-electron chi connectivity index (χ2n) is 5.00. The van der Waals surface area contributed by atoms with Gasteiger partial charge in [-0.15, -0.1) is 0 Å². The van der Waals surface area contributed by atoms with Gasteiger partial charge in [-0.1, -0.05) is 12.1 Å². The van der Waals surface area contributed by atoms with Gasteiger partial charge in [0, 0.05) is 18.2 Å². The van der Waals surface area contributed by atoms with Crippen molar-refractivity contribution in [3.05, 3.63) is 29.8 Å². The number of methoxy groups -OCH3 is 1. The molecule has 0 amide bonds. The summed E-state index contributed by atoms with van der Waals surface area (Å²) >= 11 is 0. The van der Waals surface area contributed by atoms with Crippen LogP contribution in [0.1, 0.15) is 23.7 Å². The summed E-state index contributed by atoms with van der Waals surface area (Å²) in [6.45, 7) is 3.25. The Morgan fingerprint density at radius 3 is 2.95 bits per heavy atom. The highest BCUT2D eigenvalue weighted by Crippen LogP contribution is 2.19. The molecule has 4 nitrogen and oxygen atoms in total. The molecule has 1 saturated heterocycles. The van der Waals surface area contributed by atoms with E-state index in [4.69, 9.17) is 9.47 Å². The second kappa shape index (κ2) is 6.17. The molecule has 0 aromatic heterocycles. The summed E-state index contributed by atoms with van der Waals surface area (Å²) in [6, 6.07) is 7.62. The number of nitrogens with zero attached hydrogens (tertiary/aromatic N) is 1.